The van der Waals surface area contributed by atoms with Crippen molar-refractivity contribution in [1.82, 2.24) is 5.32 Å². The summed E-state index contributed by atoms with van der Waals surface area (Å²) in [4.78, 5) is 0. The number of nitrogens with zero attached hydrogens (tertiary/aromatic N) is 1. The van der Waals surface area contributed by atoms with E-state index in [2.05, 4.69) is 5.32 Å². The summed E-state index contributed by atoms with van der Waals surface area (Å²) in [5.41, 5.74) is 1.01. The number of benzene rings is 1. The minimum atomic E-state index is -0.0367. The van der Waals surface area contributed by atoms with Gasteiger partial charge in [0, 0.05) is 6.04 Å². The van der Waals surface area contributed by atoms with Crippen molar-refractivity contribution in [2.45, 2.75) is 13.0 Å². The predicted octanol–water partition coefficient (Wildman–Crippen LogP) is 1.24. The fraction of sp³-hybridized carbons (Fsp3) is 0.462. The van der Waals surface area contributed by atoms with Crippen LogP contribution in [0.2, 0.25) is 0 Å². The SMILES string of the molecule is COc1cc(C(C)NCC#N)ccc1OCCO. The highest BCUT2D eigenvalue weighted by atomic mass is 16.5. The third-order valence-corrected chi connectivity index (χ3v) is 2.52. The van der Waals surface area contributed by atoms with Crippen LogP contribution in [-0.2, 0) is 0 Å². The van der Waals surface area contributed by atoms with E-state index in [-0.39, 0.29) is 19.3 Å². The average Bonchev–Trinajstić information content (AvgIpc) is 2.42. The fourth-order valence-corrected chi connectivity index (χ4v) is 1.54. The quantitative estimate of drug-likeness (QED) is 0.712. The van der Waals surface area contributed by atoms with E-state index < -0.39 is 0 Å². The first-order chi connectivity index (χ1) is 8.72. The maximum absolute atomic E-state index is 8.72. The molecule has 98 valence electrons. The summed E-state index contributed by atoms with van der Waals surface area (Å²) in [6.45, 7) is 2.47. The van der Waals surface area contributed by atoms with Crippen LogP contribution in [0.4, 0.5) is 0 Å². The molecular formula is C13H18N2O3. The Bertz CT molecular complexity index is 415. The number of nitriles is 1. The maximum Gasteiger partial charge on any atom is 0.161 e. The molecule has 1 atom stereocenters. The molecule has 1 aromatic rings. The Morgan fingerprint density at radius 3 is 2.83 bits per heavy atom. The van der Waals surface area contributed by atoms with Gasteiger partial charge in [-0.05, 0) is 24.6 Å². The van der Waals surface area contributed by atoms with Crippen molar-refractivity contribution in [3.8, 4) is 17.6 Å². The largest absolute Gasteiger partial charge is 0.493 e. The van der Waals surface area contributed by atoms with Crippen LogP contribution in [0.15, 0.2) is 18.2 Å². The van der Waals surface area contributed by atoms with Gasteiger partial charge in [-0.15, -0.1) is 0 Å². The third-order valence-electron chi connectivity index (χ3n) is 2.52. The molecule has 0 aliphatic rings. The topological polar surface area (TPSA) is 74.5 Å². The Morgan fingerprint density at radius 2 is 2.22 bits per heavy atom. The number of hydrogen-bond acceptors (Lipinski definition) is 5. The van der Waals surface area contributed by atoms with Crippen molar-refractivity contribution in [3.05, 3.63) is 23.8 Å². The van der Waals surface area contributed by atoms with Crippen LogP contribution in [0.3, 0.4) is 0 Å². The van der Waals surface area contributed by atoms with E-state index in [1.165, 1.54) is 0 Å². The minimum Gasteiger partial charge on any atom is -0.493 e. The van der Waals surface area contributed by atoms with Crippen molar-refractivity contribution in [1.29, 1.82) is 5.26 Å². The molecule has 0 heterocycles. The summed E-state index contributed by atoms with van der Waals surface area (Å²) >= 11 is 0. The number of nitrogens with one attached hydrogen (secondary N) is 1. The van der Waals surface area contributed by atoms with Gasteiger partial charge in [0.25, 0.3) is 0 Å². The number of hydrogen-bond donors (Lipinski definition) is 2. The predicted molar refractivity (Wildman–Crippen MR) is 67.6 cm³/mol. The van der Waals surface area contributed by atoms with Crippen molar-refractivity contribution in [2.75, 3.05) is 26.9 Å². The van der Waals surface area contributed by atoms with Gasteiger partial charge in [0.1, 0.15) is 6.61 Å². The van der Waals surface area contributed by atoms with Crippen LogP contribution in [0.5, 0.6) is 11.5 Å². The van der Waals surface area contributed by atoms with Crippen LogP contribution >= 0.6 is 0 Å². The molecule has 0 amide bonds. The van der Waals surface area contributed by atoms with E-state index in [9.17, 15) is 0 Å². The lowest BCUT2D eigenvalue weighted by Gasteiger charge is -2.15. The first-order valence-corrected chi connectivity index (χ1v) is 5.74. The minimum absolute atomic E-state index is 0.0367. The molecule has 0 saturated carbocycles. The van der Waals surface area contributed by atoms with Crippen LogP contribution < -0.4 is 14.8 Å². The molecule has 0 bridgehead atoms. The highest BCUT2D eigenvalue weighted by molar-refractivity contribution is 5.43. The Balaban J connectivity index is 2.81. The molecule has 5 nitrogen and oxygen atoms in total. The second kappa shape index (κ2) is 7.54. The maximum atomic E-state index is 8.72. The summed E-state index contributed by atoms with van der Waals surface area (Å²) < 4.78 is 10.6. The molecule has 1 unspecified atom stereocenters. The average molecular weight is 250 g/mol. The van der Waals surface area contributed by atoms with Gasteiger partial charge in [0.15, 0.2) is 11.5 Å². The molecule has 0 aliphatic carbocycles. The van der Waals surface area contributed by atoms with Crippen LogP contribution in [0.25, 0.3) is 0 Å². The zero-order valence-electron chi connectivity index (χ0n) is 10.6. The molecule has 1 aromatic carbocycles. The molecule has 2 N–H and O–H groups in total. The van der Waals surface area contributed by atoms with Gasteiger partial charge < -0.3 is 14.6 Å². The van der Waals surface area contributed by atoms with Gasteiger partial charge in [-0.3, -0.25) is 5.32 Å². The van der Waals surface area contributed by atoms with Crippen molar-refractivity contribution >= 4 is 0 Å². The zero-order valence-corrected chi connectivity index (χ0v) is 10.6. The van der Waals surface area contributed by atoms with Crippen molar-refractivity contribution in [3.63, 3.8) is 0 Å². The van der Waals surface area contributed by atoms with Gasteiger partial charge in [-0.1, -0.05) is 6.07 Å². The third kappa shape index (κ3) is 3.91. The van der Waals surface area contributed by atoms with Crippen molar-refractivity contribution < 1.29 is 14.6 Å². The summed E-state index contributed by atoms with van der Waals surface area (Å²) in [5.74, 6) is 1.22. The molecule has 1 rings (SSSR count). The van der Waals surface area contributed by atoms with Crippen LogP contribution in [-0.4, -0.2) is 32.0 Å². The van der Waals surface area contributed by atoms with Crippen LogP contribution in [0, 0.1) is 11.3 Å². The first kappa shape index (κ1) is 14.3. The van der Waals surface area contributed by atoms with E-state index in [1.54, 1.807) is 13.2 Å². The Morgan fingerprint density at radius 1 is 1.44 bits per heavy atom. The molecule has 0 aliphatic heterocycles. The fourth-order valence-electron chi connectivity index (χ4n) is 1.54. The van der Waals surface area contributed by atoms with E-state index in [0.29, 0.717) is 18.0 Å². The number of aliphatic hydroxyl groups is 1. The van der Waals surface area contributed by atoms with Gasteiger partial charge in [0.2, 0.25) is 0 Å². The highest BCUT2D eigenvalue weighted by Crippen LogP contribution is 2.30. The Labute approximate surface area is 107 Å². The molecular weight excluding hydrogens is 232 g/mol. The van der Waals surface area contributed by atoms with E-state index in [4.69, 9.17) is 19.8 Å². The molecule has 0 radical (unpaired) electrons. The van der Waals surface area contributed by atoms with Gasteiger partial charge in [0.05, 0.1) is 26.3 Å². The van der Waals surface area contributed by atoms with Gasteiger partial charge >= 0.3 is 0 Å². The number of ether oxygens (including phenoxy) is 2. The summed E-state index contributed by atoms with van der Waals surface area (Å²) in [7, 11) is 1.57. The van der Waals surface area contributed by atoms with E-state index in [0.717, 1.165) is 5.56 Å². The number of aliphatic hydroxyl groups excluding tert-OH is 1. The summed E-state index contributed by atoms with van der Waals surface area (Å²) in [6, 6.07) is 7.67. The zero-order chi connectivity index (χ0) is 13.4. The lowest BCUT2D eigenvalue weighted by atomic mass is 10.1. The summed E-state index contributed by atoms with van der Waals surface area (Å²) in [5, 5.41) is 20.3. The second-order valence-corrected chi connectivity index (χ2v) is 3.74. The molecule has 0 fully saturated rings. The van der Waals surface area contributed by atoms with Crippen molar-refractivity contribution in [2.24, 2.45) is 0 Å². The van der Waals surface area contributed by atoms with Gasteiger partial charge in [-0.25, -0.2) is 0 Å². The monoisotopic (exact) mass is 250 g/mol. The molecule has 5 heteroatoms. The smallest absolute Gasteiger partial charge is 0.161 e. The highest BCUT2D eigenvalue weighted by Gasteiger charge is 2.10. The normalized spacial score (nSPS) is 11.7. The van der Waals surface area contributed by atoms with Crippen LogP contribution in [0.1, 0.15) is 18.5 Å². The van der Waals surface area contributed by atoms with Gasteiger partial charge in [-0.2, -0.15) is 5.26 Å². The second-order valence-electron chi connectivity index (χ2n) is 3.74. The Kier molecular flexibility index (Phi) is 5.98. The van der Waals surface area contributed by atoms with E-state index >= 15 is 0 Å². The molecule has 0 saturated heterocycles. The molecule has 18 heavy (non-hydrogen) atoms. The first-order valence-electron chi connectivity index (χ1n) is 5.74. The summed E-state index contributed by atoms with van der Waals surface area (Å²) in [6.07, 6.45) is 0. The Hall–Kier alpha value is -1.77. The lowest BCUT2D eigenvalue weighted by Crippen LogP contribution is -2.18. The lowest BCUT2D eigenvalue weighted by molar-refractivity contribution is 0.196. The molecule has 0 aromatic heterocycles. The van der Waals surface area contributed by atoms with E-state index in [1.807, 2.05) is 25.1 Å². The number of methoxy groups -OCH3 is 1. The number of rotatable bonds is 7. The molecule has 0 spiro atoms. The standard InChI is InChI=1S/C13H18N2O3/c1-10(15-6-5-14)11-3-4-12(18-8-7-16)13(9-11)17-2/h3-4,9-10,15-16H,6-8H2,1-2H3.